The van der Waals surface area contributed by atoms with E-state index < -0.39 is 6.10 Å². The summed E-state index contributed by atoms with van der Waals surface area (Å²) in [4.78, 5) is 19.7. The molecule has 0 unspecified atom stereocenters. The number of aromatic nitrogens is 2. The molecule has 0 spiro atoms. The van der Waals surface area contributed by atoms with Crippen molar-refractivity contribution in [3.8, 4) is 0 Å². The third-order valence-electron chi connectivity index (χ3n) is 3.68. The SMILES string of the molecule is O=C(NCC[C@H](O)c1cccc2ccccc12)c1cnccn1. The number of hydrogen-bond donors (Lipinski definition) is 2. The normalized spacial score (nSPS) is 12.0. The molecule has 1 atom stereocenters. The van der Waals surface area contributed by atoms with E-state index in [2.05, 4.69) is 15.3 Å². The second-order valence-electron chi connectivity index (χ2n) is 5.22. The molecule has 1 amide bonds. The molecule has 0 saturated heterocycles. The zero-order chi connectivity index (χ0) is 16.1. The maximum absolute atomic E-state index is 11.9. The van der Waals surface area contributed by atoms with Crippen molar-refractivity contribution in [2.24, 2.45) is 0 Å². The summed E-state index contributed by atoms with van der Waals surface area (Å²) in [7, 11) is 0. The zero-order valence-corrected chi connectivity index (χ0v) is 12.5. The van der Waals surface area contributed by atoms with Crippen molar-refractivity contribution < 1.29 is 9.90 Å². The third kappa shape index (κ3) is 3.52. The van der Waals surface area contributed by atoms with E-state index in [0.29, 0.717) is 13.0 Å². The van der Waals surface area contributed by atoms with Crippen molar-refractivity contribution in [2.45, 2.75) is 12.5 Å². The molecule has 0 aliphatic carbocycles. The van der Waals surface area contributed by atoms with Crippen LogP contribution in [0.15, 0.2) is 61.1 Å². The van der Waals surface area contributed by atoms with Crippen molar-refractivity contribution >= 4 is 16.7 Å². The van der Waals surface area contributed by atoms with E-state index in [1.165, 1.54) is 18.6 Å². The van der Waals surface area contributed by atoms with Gasteiger partial charge in [-0.3, -0.25) is 9.78 Å². The van der Waals surface area contributed by atoms with Crippen LogP contribution in [0.5, 0.6) is 0 Å². The molecular weight excluding hydrogens is 290 g/mol. The average molecular weight is 307 g/mol. The van der Waals surface area contributed by atoms with Crippen LogP contribution in [0.2, 0.25) is 0 Å². The van der Waals surface area contributed by atoms with Crippen LogP contribution >= 0.6 is 0 Å². The third-order valence-corrected chi connectivity index (χ3v) is 3.68. The predicted octanol–water partition coefficient (Wildman–Crippen LogP) is 2.48. The number of carbonyl (C=O) groups excluding carboxylic acids is 1. The number of rotatable bonds is 5. The summed E-state index contributed by atoms with van der Waals surface area (Å²) < 4.78 is 0. The molecular formula is C18H17N3O2. The molecule has 1 heterocycles. The van der Waals surface area contributed by atoms with Crippen molar-refractivity contribution in [1.82, 2.24) is 15.3 Å². The molecule has 5 nitrogen and oxygen atoms in total. The Morgan fingerprint density at radius 2 is 1.96 bits per heavy atom. The van der Waals surface area contributed by atoms with Gasteiger partial charge >= 0.3 is 0 Å². The highest BCUT2D eigenvalue weighted by Crippen LogP contribution is 2.25. The topological polar surface area (TPSA) is 75.1 Å². The first-order valence-electron chi connectivity index (χ1n) is 7.45. The van der Waals surface area contributed by atoms with Gasteiger partial charge < -0.3 is 10.4 Å². The van der Waals surface area contributed by atoms with Crippen molar-refractivity contribution in [1.29, 1.82) is 0 Å². The van der Waals surface area contributed by atoms with E-state index >= 15 is 0 Å². The quantitative estimate of drug-likeness (QED) is 0.759. The van der Waals surface area contributed by atoms with Gasteiger partial charge in [0.2, 0.25) is 0 Å². The minimum atomic E-state index is -0.636. The fourth-order valence-electron chi connectivity index (χ4n) is 2.53. The lowest BCUT2D eigenvalue weighted by atomic mass is 9.99. The number of fused-ring (bicyclic) bond motifs is 1. The van der Waals surface area contributed by atoms with E-state index in [-0.39, 0.29) is 11.6 Å². The first kappa shape index (κ1) is 15.1. The molecule has 0 bridgehead atoms. The number of aliphatic hydroxyl groups is 1. The van der Waals surface area contributed by atoms with Crippen LogP contribution in [0.3, 0.4) is 0 Å². The molecule has 0 fully saturated rings. The Hall–Kier alpha value is -2.79. The monoisotopic (exact) mass is 307 g/mol. The van der Waals surface area contributed by atoms with Gasteiger partial charge in [0.25, 0.3) is 5.91 Å². The molecule has 1 aromatic heterocycles. The Balaban J connectivity index is 1.63. The van der Waals surface area contributed by atoms with Gasteiger partial charge in [-0.1, -0.05) is 42.5 Å². The highest BCUT2D eigenvalue weighted by Gasteiger charge is 2.12. The predicted molar refractivity (Wildman–Crippen MR) is 87.9 cm³/mol. The van der Waals surface area contributed by atoms with E-state index in [4.69, 9.17) is 0 Å². The lowest BCUT2D eigenvalue weighted by Gasteiger charge is -2.14. The van der Waals surface area contributed by atoms with E-state index in [1.807, 2.05) is 42.5 Å². The largest absolute Gasteiger partial charge is 0.388 e. The van der Waals surface area contributed by atoms with Crippen LogP contribution in [-0.4, -0.2) is 27.5 Å². The van der Waals surface area contributed by atoms with Crippen LogP contribution < -0.4 is 5.32 Å². The summed E-state index contributed by atoms with van der Waals surface area (Å²) in [6.07, 6.45) is 4.19. The number of aliphatic hydroxyl groups excluding tert-OH is 1. The first-order valence-corrected chi connectivity index (χ1v) is 7.45. The second-order valence-corrected chi connectivity index (χ2v) is 5.22. The average Bonchev–Trinajstić information content (AvgIpc) is 2.61. The molecule has 2 N–H and O–H groups in total. The molecule has 23 heavy (non-hydrogen) atoms. The highest BCUT2D eigenvalue weighted by atomic mass is 16.3. The van der Waals surface area contributed by atoms with Crippen molar-refractivity contribution in [3.63, 3.8) is 0 Å². The number of benzene rings is 2. The standard InChI is InChI=1S/C18H17N3O2/c22-17(8-9-21-18(23)16-12-19-10-11-20-16)15-7-3-5-13-4-1-2-6-14(13)15/h1-7,10-12,17,22H,8-9H2,(H,21,23)/t17-/m0/s1. The van der Waals surface area contributed by atoms with Gasteiger partial charge in [0, 0.05) is 18.9 Å². The fourth-order valence-corrected chi connectivity index (χ4v) is 2.53. The van der Waals surface area contributed by atoms with Crippen LogP contribution in [-0.2, 0) is 0 Å². The molecule has 116 valence electrons. The molecule has 5 heteroatoms. The van der Waals surface area contributed by atoms with E-state index in [1.54, 1.807) is 0 Å². The molecule has 0 saturated carbocycles. The summed E-state index contributed by atoms with van der Waals surface area (Å²) in [5.41, 5.74) is 1.14. The summed E-state index contributed by atoms with van der Waals surface area (Å²) >= 11 is 0. The Morgan fingerprint density at radius 1 is 1.13 bits per heavy atom. The number of amides is 1. The highest BCUT2D eigenvalue weighted by molar-refractivity contribution is 5.91. The lowest BCUT2D eigenvalue weighted by molar-refractivity contribution is 0.0937. The summed E-state index contributed by atoms with van der Waals surface area (Å²) in [6.45, 7) is 0.361. The summed E-state index contributed by atoms with van der Waals surface area (Å²) in [6, 6.07) is 13.8. The fraction of sp³-hybridized carbons (Fsp3) is 0.167. The maximum atomic E-state index is 11.9. The van der Waals surface area contributed by atoms with E-state index in [0.717, 1.165) is 16.3 Å². The zero-order valence-electron chi connectivity index (χ0n) is 12.5. The number of nitrogens with one attached hydrogen (secondary N) is 1. The first-order chi connectivity index (χ1) is 11.3. The van der Waals surface area contributed by atoms with Crippen LogP contribution in [0.1, 0.15) is 28.6 Å². The Bertz CT molecular complexity index is 800. The van der Waals surface area contributed by atoms with Gasteiger partial charge in [-0.05, 0) is 22.8 Å². The number of nitrogens with zero attached hydrogens (tertiary/aromatic N) is 2. The molecule has 0 aliphatic heterocycles. The molecule has 2 aromatic carbocycles. The smallest absolute Gasteiger partial charge is 0.271 e. The van der Waals surface area contributed by atoms with Crippen molar-refractivity contribution in [2.75, 3.05) is 6.54 Å². The molecule has 3 rings (SSSR count). The molecule has 0 aliphatic rings. The molecule has 3 aromatic rings. The number of hydrogen-bond acceptors (Lipinski definition) is 4. The lowest BCUT2D eigenvalue weighted by Crippen LogP contribution is -2.26. The van der Waals surface area contributed by atoms with Crippen LogP contribution in [0, 0.1) is 0 Å². The van der Waals surface area contributed by atoms with Gasteiger partial charge in [0.15, 0.2) is 0 Å². The van der Waals surface area contributed by atoms with Crippen molar-refractivity contribution in [3.05, 3.63) is 72.3 Å². The summed E-state index contributed by atoms with van der Waals surface area (Å²) in [5.74, 6) is -0.289. The Morgan fingerprint density at radius 3 is 2.78 bits per heavy atom. The van der Waals surface area contributed by atoms with E-state index in [9.17, 15) is 9.90 Å². The minimum absolute atomic E-state index is 0.271. The van der Waals surface area contributed by atoms with Crippen LogP contribution in [0.25, 0.3) is 10.8 Å². The Labute approximate surface area is 134 Å². The summed E-state index contributed by atoms with van der Waals surface area (Å²) in [5, 5.41) is 15.3. The number of carbonyl (C=O) groups is 1. The van der Waals surface area contributed by atoms with Gasteiger partial charge in [0.1, 0.15) is 5.69 Å². The van der Waals surface area contributed by atoms with Gasteiger partial charge in [-0.25, -0.2) is 4.98 Å². The van der Waals surface area contributed by atoms with Gasteiger partial charge in [0.05, 0.1) is 12.3 Å². The molecule has 0 radical (unpaired) electrons. The van der Waals surface area contributed by atoms with Gasteiger partial charge in [-0.15, -0.1) is 0 Å². The van der Waals surface area contributed by atoms with Gasteiger partial charge in [-0.2, -0.15) is 0 Å². The minimum Gasteiger partial charge on any atom is -0.388 e. The maximum Gasteiger partial charge on any atom is 0.271 e. The van der Waals surface area contributed by atoms with Crippen LogP contribution in [0.4, 0.5) is 0 Å². The Kier molecular flexibility index (Phi) is 4.59. The second kappa shape index (κ2) is 6.98.